The largest absolute Gasteiger partial charge is 0.381 e. The van der Waals surface area contributed by atoms with Crippen LogP contribution in [0.2, 0.25) is 0 Å². The van der Waals surface area contributed by atoms with Crippen LogP contribution >= 0.6 is 23.5 Å². The van der Waals surface area contributed by atoms with E-state index in [0.717, 1.165) is 29.5 Å². The molecule has 730 valence electrons. The van der Waals surface area contributed by atoms with Gasteiger partial charge in [0.15, 0.2) is 5.78 Å². The third kappa shape index (κ3) is 54.1. The van der Waals surface area contributed by atoms with Crippen LogP contribution in [0.5, 0.6) is 0 Å². The van der Waals surface area contributed by atoms with Crippen LogP contribution in [-0.2, 0) is 119 Å². The maximum atomic E-state index is 13.5. The van der Waals surface area contributed by atoms with Gasteiger partial charge >= 0.3 is 0 Å². The first-order chi connectivity index (χ1) is 61.5. The van der Waals surface area contributed by atoms with Gasteiger partial charge in [-0.1, -0.05) is 13.8 Å². The molecule has 22 N–H and O–H groups in total. The van der Waals surface area contributed by atoms with Crippen molar-refractivity contribution in [1.82, 2.24) is 68.7 Å². The molecule has 16 amide bonds. The molecule has 0 spiro atoms. The Balaban J connectivity index is 1.66. The highest BCUT2D eigenvalue weighted by molar-refractivity contribution is 8.01. The van der Waals surface area contributed by atoms with Gasteiger partial charge in [0.2, 0.25) is 94.5 Å². The molecule has 0 bridgehead atoms. The first-order valence-corrected chi connectivity index (χ1v) is 46.9. The number of nitrogens with zero attached hydrogens (tertiary/aromatic N) is 1. The zero-order valence-corrected chi connectivity index (χ0v) is 76.8. The van der Waals surface area contributed by atoms with Crippen LogP contribution in [0.15, 0.2) is 0 Å². The number of carbonyl (C=O) groups excluding carboxylic acids is 18. The summed E-state index contributed by atoms with van der Waals surface area (Å²) in [5.74, 6) is -9.45. The number of hydrogen-bond acceptors (Lipinski definition) is 30. The van der Waals surface area contributed by atoms with E-state index in [2.05, 4.69) is 63.8 Å². The minimum Gasteiger partial charge on any atom is -0.381 e. The minimum atomic E-state index is -1.10. The number of imide groups is 1. The van der Waals surface area contributed by atoms with Crippen LogP contribution in [0.25, 0.3) is 0 Å². The number of ketones is 2. The number of hydrogen-bond donors (Lipinski definition) is 17. The molecule has 10 atom stereocenters. The smallest absolute Gasteiger partial charge is 0.243 e. The second kappa shape index (κ2) is 72.1. The Morgan fingerprint density at radius 2 is 0.766 bits per heavy atom. The van der Waals surface area contributed by atoms with Gasteiger partial charge in [-0.05, 0) is 136 Å². The lowest BCUT2D eigenvalue weighted by Gasteiger charge is -2.22. The van der Waals surface area contributed by atoms with E-state index in [-0.39, 0.29) is 237 Å². The topological polar surface area (TPSA) is 650 Å². The minimum absolute atomic E-state index is 0.0169. The molecule has 1 aliphatic carbocycles. The average Bonchev–Trinajstić information content (AvgIpc) is 1.69. The van der Waals surface area contributed by atoms with Gasteiger partial charge in [0, 0.05) is 128 Å². The fourth-order valence-corrected chi connectivity index (χ4v) is 15.2. The molecule has 0 radical (unpaired) electrons. The highest BCUT2D eigenvalue weighted by atomic mass is 32.2. The number of nitrogens with two attached hydrogens (primary N) is 5. The molecule has 0 aromatic rings. The van der Waals surface area contributed by atoms with Crippen molar-refractivity contribution < 1.29 is 119 Å². The van der Waals surface area contributed by atoms with Crippen LogP contribution in [0.1, 0.15) is 188 Å². The second-order valence-corrected chi connectivity index (χ2v) is 33.2. The van der Waals surface area contributed by atoms with Crippen molar-refractivity contribution in [3.8, 4) is 0 Å². The van der Waals surface area contributed by atoms with E-state index < -0.39 is 141 Å². The summed E-state index contributed by atoms with van der Waals surface area (Å²) in [5.41, 5.74) is 27.9. The summed E-state index contributed by atoms with van der Waals surface area (Å²) in [6.45, 7) is 10.8. The van der Waals surface area contributed by atoms with Gasteiger partial charge in [0.1, 0.15) is 42.0 Å². The highest BCUT2D eigenvalue weighted by Gasteiger charge is 2.43. The number of nitrogens with one attached hydrogen (secondary N) is 12. The fraction of sp³-hybridized carbons (Fsp3) is 0.783. The molecule has 1 heterocycles. The summed E-state index contributed by atoms with van der Waals surface area (Å²) in [5, 5.41) is 31.2. The quantitative estimate of drug-likeness (QED) is 0.0159. The molecule has 0 aromatic heterocycles. The van der Waals surface area contributed by atoms with Crippen molar-refractivity contribution in [2.24, 2.45) is 40.5 Å². The number of rotatable bonds is 80. The predicted octanol–water partition coefficient (Wildman–Crippen LogP) is -3.66. The third-order valence-corrected chi connectivity index (χ3v) is 22.8. The molecule has 2 aliphatic rings. The highest BCUT2D eigenvalue weighted by Crippen LogP contribution is 2.32. The molecule has 10 unspecified atom stereocenters. The molecule has 2 fully saturated rings. The first kappa shape index (κ1) is 115. The standard InChI is InChI=1S/C83H146N18O25S2/c1-5-32-91-78(114)60(18-7-12-29-84)97-72(108)27-41-122-48-51-126-45-37-94-81(117)64(95-57(4)102)55-128-66-52-65(103)58(75(66)111)22-23-70(106)96-61(19-8-13-30-85)79(115)92-35-43-125-50-47-123-42-28-73(109)98-62(20-9-14-31-86)80(116)93-36-44-124-49-46-121-40-25-69(105)90-34-16-11-21-63(99-71(107)26-39-120-6-2)82(118)100-59(77(88)113)17-10-15-33-89-68(104)24-38-101-74(110)53-67(83(101)119)127-54-56(3)76(87)112/h56,58-64,66-67H,5-55,84-86H2,1-4H3,(H2,87,112)(H2,88,113)(H,89,104)(H,90,105)(H,91,114)(H,92,115)(H,93,116)(H,94,117)(H,95,102)(H,96,106)(H,97,108)(H,98,109)(H,99,107)(H,100,118). The fourth-order valence-electron chi connectivity index (χ4n) is 12.7. The predicted molar refractivity (Wildman–Crippen MR) is 475 cm³/mol. The lowest BCUT2D eigenvalue weighted by Crippen LogP contribution is -2.53. The molecule has 0 aromatic carbocycles. The summed E-state index contributed by atoms with van der Waals surface area (Å²) in [6.07, 6.45) is 6.81. The Hall–Kier alpha value is -8.64. The van der Waals surface area contributed by atoms with E-state index in [4.69, 9.17) is 61.8 Å². The summed E-state index contributed by atoms with van der Waals surface area (Å²) in [7, 11) is 0. The van der Waals surface area contributed by atoms with Crippen LogP contribution < -0.4 is 92.5 Å². The molecule has 45 heteroatoms. The number of carbonyl (C=O) groups is 18. The van der Waals surface area contributed by atoms with Crippen molar-refractivity contribution >= 4 is 130 Å². The summed E-state index contributed by atoms with van der Waals surface area (Å²) in [6, 6.07) is -5.65. The molecular weight excluding hydrogens is 1710 g/mol. The Morgan fingerprint density at radius 1 is 0.383 bits per heavy atom. The maximum absolute atomic E-state index is 13.5. The van der Waals surface area contributed by atoms with Crippen molar-refractivity contribution in [3.63, 3.8) is 0 Å². The first-order valence-electron chi connectivity index (χ1n) is 44.8. The lowest BCUT2D eigenvalue weighted by molar-refractivity contribution is -0.139. The van der Waals surface area contributed by atoms with Gasteiger partial charge in [-0.2, -0.15) is 0 Å². The number of likely N-dealkylation sites (tertiary alicyclic amines) is 1. The number of thioether (sulfide) groups is 2. The number of Topliss-reactive ketones (excluding diaryl/α,β-unsaturated/α-hetero) is 2. The van der Waals surface area contributed by atoms with Crippen molar-refractivity contribution in [2.45, 2.75) is 235 Å². The number of ether oxygens (including phenoxy) is 7. The van der Waals surface area contributed by atoms with Gasteiger partial charge in [0.05, 0.1) is 102 Å². The molecule has 2 rings (SSSR count). The molecular formula is C83H146N18O25S2. The van der Waals surface area contributed by atoms with Gasteiger partial charge in [-0.3, -0.25) is 91.2 Å². The Morgan fingerprint density at radius 3 is 1.19 bits per heavy atom. The lowest BCUT2D eigenvalue weighted by atomic mass is 9.99. The number of unbranched alkanes of at least 4 members (excludes halogenated alkanes) is 5. The van der Waals surface area contributed by atoms with Crippen molar-refractivity contribution in [3.05, 3.63) is 0 Å². The van der Waals surface area contributed by atoms with E-state index in [9.17, 15) is 86.3 Å². The van der Waals surface area contributed by atoms with Crippen LogP contribution in [0.4, 0.5) is 0 Å². The summed E-state index contributed by atoms with van der Waals surface area (Å²) >= 11 is 2.23. The monoisotopic (exact) mass is 1860 g/mol. The van der Waals surface area contributed by atoms with Crippen molar-refractivity contribution in [2.75, 3.05) is 169 Å². The van der Waals surface area contributed by atoms with E-state index >= 15 is 0 Å². The van der Waals surface area contributed by atoms with Crippen LogP contribution in [0, 0.1) is 11.8 Å². The Bertz CT molecular complexity index is 3400. The number of primary amides is 2. The molecule has 1 saturated heterocycles. The average molecular weight is 1860 g/mol. The van der Waals surface area contributed by atoms with Crippen molar-refractivity contribution in [1.29, 1.82) is 0 Å². The molecule has 1 aliphatic heterocycles. The molecule has 43 nitrogen and oxygen atoms in total. The SMILES string of the molecule is CCCNC(=O)C(CCCCN)NC(=O)CCOCCOCCNC(=O)C(CSC1CC(=O)C(CCC(=O)NC(CCCCN)C(=O)NCCOCCOCCC(=O)NC(CCCCN)C(=O)NCCOCCOCCC(=O)NCCCCC(NC(=O)CCOCC)C(=O)NC(CCCCNC(=O)CCN2C(=O)CC(SCC(C)C(N)=O)C2=O)C(N)=O)C1=O)NC(C)=O. The zero-order valence-electron chi connectivity index (χ0n) is 75.2. The van der Waals surface area contributed by atoms with Gasteiger partial charge in [0.25, 0.3) is 0 Å². The van der Waals surface area contributed by atoms with Gasteiger partial charge in [-0.15, -0.1) is 23.5 Å². The van der Waals surface area contributed by atoms with E-state index in [1.54, 1.807) is 13.8 Å². The zero-order chi connectivity index (χ0) is 94.7. The van der Waals surface area contributed by atoms with Gasteiger partial charge in [-0.25, -0.2) is 0 Å². The molecule has 1 saturated carbocycles. The second-order valence-electron chi connectivity index (χ2n) is 30.7. The Kier molecular flexibility index (Phi) is 65.0. The number of amides is 16. The normalized spacial score (nSPS) is 15.9. The van der Waals surface area contributed by atoms with E-state index in [1.807, 2.05) is 6.92 Å². The van der Waals surface area contributed by atoms with Crippen LogP contribution in [0.3, 0.4) is 0 Å². The van der Waals surface area contributed by atoms with Gasteiger partial charge < -0.3 is 126 Å². The van der Waals surface area contributed by atoms with E-state index in [0.29, 0.717) is 103 Å². The van der Waals surface area contributed by atoms with Crippen LogP contribution in [-0.4, -0.2) is 327 Å². The third-order valence-electron chi connectivity index (χ3n) is 20.0. The Labute approximate surface area is 759 Å². The van der Waals surface area contributed by atoms with E-state index in [1.165, 1.54) is 18.7 Å². The summed E-state index contributed by atoms with van der Waals surface area (Å²) in [4.78, 5) is 231. The maximum Gasteiger partial charge on any atom is 0.243 e. The summed E-state index contributed by atoms with van der Waals surface area (Å²) < 4.78 is 38.7. The molecule has 128 heavy (non-hydrogen) atoms.